The third kappa shape index (κ3) is 0.895. The normalized spacial score (nSPS) is 11.1. The predicted octanol–water partition coefficient (Wildman–Crippen LogP) is 1.51. The Kier molecular flexibility index (Phi) is 1.42. The molecule has 0 fully saturated rings. The maximum Gasteiger partial charge on any atom is 0.138 e. The van der Waals surface area contributed by atoms with Crippen molar-refractivity contribution in [2.75, 3.05) is 0 Å². The molecular formula is C11H7BN2. The van der Waals surface area contributed by atoms with Gasteiger partial charge in [-0.05, 0) is 12.1 Å². The zero-order chi connectivity index (χ0) is 9.54. The highest BCUT2D eigenvalue weighted by Crippen LogP contribution is 2.21. The molecule has 3 heteroatoms. The second-order valence-corrected chi connectivity index (χ2v) is 3.29. The van der Waals surface area contributed by atoms with E-state index in [0.29, 0.717) is 0 Å². The number of para-hydroxylation sites is 1. The summed E-state index contributed by atoms with van der Waals surface area (Å²) in [6.07, 6.45) is 1.77. The number of benzene rings is 1. The van der Waals surface area contributed by atoms with Crippen LogP contribution in [0.2, 0.25) is 0 Å². The highest BCUT2D eigenvalue weighted by atomic mass is 14.8. The molecule has 1 aromatic carbocycles. The van der Waals surface area contributed by atoms with Crippen molar-refractivity contribution in [1.82, 2.24) is 9.97 Å². The van der Waals surface area contributed by atoms with Gasteiger partial charge in [-0.2, -0.15) is 0 Å². The van der Waals surface area contributed by atoms with Gasteiger partial charge in [0, 0.05) is 22.5 Å². The van der Waals surface area contributed by atoms with Gasteiger partial charge < -0.3 is 4.98 Å². The van der Waals surface area contributed by atoms with E-state index < -0.39 is 0 Å². The van der Waals surface area contributed by atoms with Crippen LogP contribution in [-0.4, -0.2) is 17.8 Å². The summed E-state index contributed by atoms with van der Waals surface area (Å²) >= 11 is 0. The van der Waals surface area contributed by atoms with Crippen LogP contribution in [0.1, 0.15) is 0 Å². The number of H-pyrrole nitrogens is 1. The molecule has 3 rings (SSSR count). The number of fused-ring (bicyclic) bond motifs is 3. The molecule has 2 nitrogen and oxygen atoms in total. The first-order valence-electron chi connectivity index (χ1n) is 4.47. The van der Waals surface area contributed by atoms with E-state index in [9.17, 15) is 0 Å². The number of nitrogens with one attached hydrogen (secondary N) is 1. The van der Waals surface area contributed by atoms with Crippen LogP contribution in [0.3, 0.4) is 0 Å². The van der Waals surface area contributed by atoms with Gasteiger partial charge in [0.1, 0.15) is 13.5 Å². The van der Waals surface area contributed by atoms with Crippen molar-refractivity contribution >= 4 is 35.2 Å². The number of aromatic nitrogens is 2. The molecule has 0 bridgehead atoms. The number of aromatic amines is 1. The van der Waals surface area contributed by atoms with Crippen LogP contribution in [0, 0.1) is 0 Å². The van der Waals surface area contributed by atoms with E-state index in [1.54, 1.807) is 6.20 Å². The fourth-order valence-corrected chi connectivity index (χ4v) is 1.77. The Balaban J connectivity index is 2.63. The molecule has 2 aromatic heterocycles. The molecule has 2 heterocycles. The minimum atomic E-state index is 0.764. The van der Waals surface area contributed by atoms with Crippen LogP contribution in [0.15, 0.2) is 36.5 Å². The summed E-state index contributed by atoms with van der Waals surface area (Å²) in [6.45, 7) is 0. The third-order valence-corrected chi connectivity index (χ3v) is 2.44. The molecule has 0 atom stereocenters. The number of hydrogen-bond donors (Lipinski definition) is 1. The lowest BCUT2D eigenvalue weighted by Crippen LogP contribution is -2.01. The quantitative estimate of drug-likeness (QED) is 0.519. The van der Waals surface area contributed by atoms with Gasteiger partial charge in [-0.3, -0.25) is 0 Å². The minimum Gasteiger partial charge on any atom is -0.340 e. The van der Waals surface area contributed by atoms with Crippen molar-refractivity contribution in [3.63, 3.8) is 0 Å². The standard InChI is InChI=1S/C11H7BN2/c12-9-5-1-3-7-8-4-2-6-13-11(8)14-10(7)9/h1-6H,(H,13,14). The Hall–Kier alpha value is -1.77. The Bertz CT molecular complexity index is 613. The SMILES string of the molecule is [B]c1cccc2c1[nH]c1ncccc12. The average molecular weight is 178 g/mol. The summed E-state index contributed by atoms with van der Waals surface area (Å²) in [5, 5.41) is 2.25. The molecule has 0 aliphatic rings. The summed E-state index contributed by atoms with van der Waals surface area (Å²) in [4.78, 5) is 7.46. The molecular weight excluding hydrogens is 171 g/mol. The van der Waals surface area contributed by atoms with Crippen molar-refractivity contribution in [3.05, 3.63) is 36.5 Å². The van der Waals surface area contributed by atoms with Gasteiger partial charge in [0.15, 0.2) is 0 Å². The number of rotatable bonds is 0. The second kappa shape index (κ2) is 2.61. The molecule has 14 heavy (non-hydrogen) atoms. The van der Waals surface area contributed by atoms with E-state index in [1.807, 2.05) is 30.3 Å². The van der Waals surface area contributed by atoms with E-state index in [-0.39, 0.29) is 0 Å². The molecule has 0 aliphatic heterocycles. The largest absolute Gasteiger partial charge is 0.340 e. The molecule has 0 aliphatic carbocycles. The van der Waals surface area contributed by atoms with Crippen LogP contribution < -0.4 is 5.46 Å². The first-order chi connectivity index (χ1) is 6.86. The van der Waals surface area contributed by atoms with Crippen molar-refractivity contribution in [3.8, 4) is 0 Å². The topological polar surface area (TPSA) is 28.7 Å². The second-order valence-electron chi connectivity index (χ2n) is 3.29. The zero-order valence-electron chi connectivity index (χ0n) is 7.49. The molecule has 0 saturated carbocycles. The van der Waals surface area contributed by atoms with E-state index in [4.69, 9.17) is 7.85 Å². The van der Waals surface area contributed by atoms with Gasteiger partial charge in [-0.25, -0.2) is 4.98 Å². The summed E-state index contributed by atoms with van der Waals surface area (Å²) in [5.74, 6) is 0. The summed E-state index contributed by atoms with van der Waals surface area (Å²) in [6, 6.07) is 9.86. The van der Waals surface area contributed by atoms with Crippen LogP contribution in [0.25, 0.3) is 21.9 Å². The van der Waals surface area contributed by atoms with Crippen LogP contribution in [0.5, 0.6) is 0 Å². The number of hydrogen-bond acceptors (Lipinski definition) is 1. The molecule has 64 valence electrons. The number of pyridine rings is 1. The minimum absolute atomic E-state index is 0.764. The monoisotopic (exact) mass is 178 g/mol. The van der Waals surface area contributed by atoms with Gasteiger partial charge in [0.25, 0.3) is 0 Å². The van der Waals surface area contributed by atoms with Crippen molar-refractivity contribution < 1.29 is 0 Å². The first-order valence-corrected chi connectivity index (χ1v) is 4.47. The fourth-order valence-electron chi connectivity index (χ4n) is 1.77. The Labute approximate surface area is 82.4 Å². The average Bonchev–Trinajstić information content (AvgIpc) is 2.59. The summed E-state index contributed by atoms with van der Waals surface area (Å²) < 4.78 is 0. The molecule has 0 spiro atoms. The zero-order valence-corrected chi connectivity index (χ0v) is 7.49. The first kappa shape index (κ1) is 7.62. The van der Waals surface area contributed by atoms with E-state index in [0.717, 1.165) is 27.4 Å². The molecule has 1 N–H and O–H groups in total. The van der Waals surface area contributed by atoms with Crippen LogP contribution in [-0.2, 0) is 0 Å². The lowest BCUT2D eigenvalue weighted by Gasteiger charge is -1.93. The molecule has 0 saturated heterocycles. The smallest absolute Gasteiger partial charge is 0.138 e. The van der Waals surface area contributed by atoms with Gasteiger partial charge in [-0.1, -0.05) is 23.7 Å². The highest BCUT2D eigenvalue weighted by Gasteiger charge is 2.04. The summed E-state index contributed by atoms with van der Waals surface area (Å²) in [5.41, 5.74) is 2.63. The molecule has 0 unspecified atom stereocenters. The van der Waals surface area contributed by atoms with Crippen molar-refractivity contribution in [2.45, 2.75) is 0 Å². The maximum atomic E-state index is 5.86. The maximum absolute atomic E-state index is 5.86. The van der Waals surface area contributed by atoms with Crippen LogP contribution in [0.4, 0.5) is 0 Å². The van der Waals surface area contributed by atoms with Gasteiger partial charge in [-0.15, -0.1) is 0 Å². The highest BCUT2D eigenvalue weighted by molar-refractivity contribution is 6.39. The fraction of sp³-hybridized carbons (Fsp3) is 0. The van der Waals surface area contributed by atoms with Crippen molar-refractivity contribution in [2.24, 2.45) is 0 Å². The Morgan fingerprint density at radius 2 is 1.93 bits per heavy atom. The molecule has 2 radical (unpaired) electrons. The summed E-state index contributed by atoms with van der Waals surface area (Å²) in [7, 11) is 5.86. The lowest BCUT2D eigenvalue weighted by molar-refractivity contribution is 1.35. The van der Waals surface area contributed by atoms with E-state index >= 15 is 0 Å². The van der Waals surface area contributed by atoms with E-state index in [1.165, 1.54) is 0 Å². The Morgan fingerprint density at radius 3 is 2.86 bits per heavy atom. The molecule has 3 aromatic rings. The molecule has 0 amide bonds. The predicted molar refractivity (Wildman–Crippen MR) is 59.0 cm³/mol. The van der Waals surface area contributed by atoms with Gasteiger partial charge >= 0.3 is 0 Å². The third-order valence-electron chi connectivity index (χ3n) is 2.44. The lowest BCUT2D eigenvalue weighted by atomic mass is 9.94. The van der Waals surface area contributed by atoms with Gasteiger partial charge in [0.2, 0.25) is 0 Å². The Morgan fingerprint density at radius 1 is 1.07 bits per heavy atom. The van der Waals surface area contributed by atoms with Crippen molar-refractivity contribution in [1.29, 1.82) is 0 Å². The van der Waals surface area contributed by atoms with E-state index in [2.05, 4.69) is 9.97 Å². The van der Waals surface area contributed by atoms with Crippen LogP contribution >= 0.6 is 0 Å². The van der Waals surface area contributed by atoms with Gasteiger partial charge in [0.05, 0.1) is 0 Å². The number of nitrogens with zero attached hydrogens (tertiary/aromatic N) is 1.